The number of rotatable bonds is 1. The predicted molar refractivity (Wildman–Crippen MR) is 52.4 cm³/mol. The van der Waals surface area contributed by atoms with E-state index in [2.05, 4.69) is 9.97 Å². The lowest BCUT2D eigenvalue weighted by Crippen LogP contribution is -2.39. The monoisotopic (exact) mass is 193 g/mol. The summed E-state index contributed by atoms with van der Waals surface area (Å²) in [6.45, 7) is 0. The zero-order valence-corrected chi connectivity index (χ0v) is 8.06. The van der Waals surface area contributed by atoms with Gasteiger partial charge >= 0.3 is 0 Å². The summed E-state index contributed by atoms with van der Waals surface area (Å²) in [5.74, 6) is 0. The van der Waals surface area contributed by atoms with Crippen molar-refractivity contribution in [1.29, 1.82) is 0 Å². The molecule has 2 unspecified atom stereocenters. The number of hydrogen-bond donors (Lipinski definition) is 2. The first kappa shape index (κ1) is 9.55. The zero-order chi connectivity index (χ0) is 10.0. The van der Waals surface area contributed by atoms with Gasteiger partial charge in [0.15, 0.2) is 0 Å². The summed E-state index contributed by atoms with van der Waals surface area (Å²) < 4.78 is 0. The Morgan fingerprint density at radius 1 is 1.43 bits per heavy atom. The maximum atomic E-state index is 10.4. The van der Waals surface area contributed by atoms with Crippen molar-refractivity contribution >= 4 is 0 Å². The Hall–Kier alpha value is -1.00. The molecule has 0 aromatic carbocycles. The molecule has 0 aliphatic heterocycles. The second kappa shape index (κ2) is 3.63. The van der Waals surface area contributed by atoms with Crippen molar-refractivity contribution in [1.82, 2.24) is 9.97 Å². The molecule has 4 nitrogen and oxygen atoms in total. The first-order chi connectivity index (χ1) is 6.71. The van der Waals surface area contributed by atoms with Crippen molar-refractivity contribution < 1.29 is 5.11 Å². The number of nitrogens with zero attached hydrogens (tertiary/aromatic N) is 2. The molecular formula is C10H15N3O. The van der Waals surface area contributed by atoms with Crippen LogP contribution < -0.4 is 5.73 Å². The Kier molecular flexibility index (Phi) is 2.48. The molecule has 0 amide bonds. The van der Waals surface area contributed by atoms with Crippen LogP contribution >= 0.6 is 0 Å². The molecule has 1 aromatic heterocycles. The molecule has 2 atom stereocenters. The maximum Gasteiger partial charge on any atom is 0.115 e. The van der Waals surface area contributed by atoms with Gasteiger partial charge in [-0.15, -0.1) is 0 Å². The van der Waals surface area contributed by atoms with Gasteiger partial charge in [0.1, 0.15) is 6.33 Å². The molecule has 76 valence electrons. The highest BCUT2D eigenvalue weighted by Crippen LogP contribution is 2.35. The minimum atomic E-state index is -0.807. The third-order valence-corrected chi connectivity index (χ3v) is 2.86. The molecule has 1 aliphatic carbocycles. The van der Waals surface area contributed by atoms with Crippen LogP contribution in [-0.4, -0.2) is 21.1 Å². The zero-order valence-electron chi connectivity index (χ0n) is 8.06. The fourth-order valence-electron chi connectivity index (χ4n) is 2.10. The number of hydrogen-bond acceptors (Lipinski definition) is 4. The normalized spacial score (nSPS) is 32.9. The minimum Gasteiger partial charge on any atom is -0.385 e. The van der Waals surface area contributed by atoms with Crippen molar-refractivity contribution in [2.75, 3.05) is 0 Å². The van der Waals surface area contributed by atoms with Crippen LogP contribution in [0, 0.1) is 0 Å². The Bertz CT molecular complexity index is 303. The van der Waals surface area contributed by atoms with E-state index in [0.29, 0.717) is 6.42 Å². The fraction of sp³-hybridized carbons (Fsp3) is 0.600. The molecule has 1 aromatic rings. The molecule has 1 fully saturated rings. The van der Waals surface area contributed by atoms with Gasteiger partial charge in [0, 0.05) is 24.0 Å². The van der Waals surface area contributed by atoms with Gasteiger partial charge in [-0.25, -0.2) is 9.97 Å². The Morgan fingerprint density at radius 3 is 2.79 bits per heavy atom. The summed E-state index contributed by atoms with van der Waals surface area (Å²) in [5.41, 5.74) is 5.83. The lowest BCUT2D eigenvalue weighted by Gasteiger charge is -2.35. The van der Waals surface area contributed by atoms with Crippen molar-refractivity contribution in [3.8, 4) is 0 Å². The highest BCUT2D eigenvalue weighted by atomic mass is 16.3. The minimum absolute atomic E-state index is 0.0916. The summed E-state index contributed by atoms with van der Waals surface area (Å²) in [7, 11) is 0. The lowest BCUT2D eigenvalue weighted by atomic mass is 9.78. The SMILES string of the molecule is NC1CCCC(O)(c2cncnc2)C1. The number of nitrogens with two attached hydrogens (primary N) is 1. The van der Waals surface area contributed by atoms with Gasteiger partial charge in [0.25, 0.3) is 0 Å². The van der Waals surface area contributed by atoms with Gasteiger partial charge < -0.3 is 10.8 Å². The summed E-state index contributed by atoms with van der Waals surface area (Å²) in [4.78, 5) is 7.84. The molecule has 1 saturated carbocycles. The third kappa shape index (κ3) is 1.76. The fourth-order valence-corrected chi connectivity index (χ4v) is 2.10. The second-order valence-corrected chi connectivity index (χ2v) is 4.02. The van der Waals surface area contributed by atoms with Crippen LogP contribution in [0.2, 0.25) is 0 Å². The Morgan fingerprint density at radius 2 is 2.14 bits per heavy atom. The average molecular weight is 193 g/mol. The molecule has 4 heteroatoms. The summed E-state index contributed by atoms with van der Waals surface area (Å²) in [6.07, 6.45) is 8.14. The summed E-state index contributed by atoms with van der Waals surface area (Å²) in [5, 5.41) is 10.4. The van der Waals surface area contributed by atoms with Crippen LogP contribution in [0.15, 0.2) is 18.7 Å². The highest BCUT2D eigenvalue weighted by Gasteiger charge is 2.34. The average Bonchev–Trinajstić information content (AvgIpc) is 2.19. The van der Waals surface area contributed by atoms with E-state index in [4.69, 9.17) is 5.73 Å². The standard InChI is InChI=1S/C10H15N3O/c11-9-2-1-3-10(14,4-9)8-5-12-7-13-6-8/h5-7,9,14H,1-4,11H2. The lowest BCUT2D eigenvalue weighted by molar-refractivity contribution is -0.00776. The summed E-state index contributed by atoms with van der Waals surface area (Å²) >= 11 is 0. The Balaban J connectivity index is 2.23. The van der Waals surface area contributed by atoms with E-state index in [-0.39, 0.29) is 6.04 Å². The molecule has 14 heavy (non-hydrogen) atoms. The second-order valence-electron chi connectivity index (χ2n) is 4.02. The molecule has 2 rings (SSSR count). The van der Waals surface area contributed by atoms with Crippen molar-refractivity contribution in [2.45, 2.75) is 37.3 Å². The summed E-state index contributed by atoms with van der Waals surface area (Å²) in [6, 6.07) is 0.0916. The number of aromatic nitrogens is 2. The molecule has 0 bridgehead atoms. The van der Waals surface area contributed by atoms with Crippen LogP contribution in [0.25, 0.3) is 0 Å². The third-order valence-electron chi connectivity index (χ3n) is 2.86. The van der Waals surface area contributed by atoms with E-state index >= 15 is 0 Å². The molecular weight excluding hydrogens is 178 g/mol. The van der Waals surface area contributed by atoms with Crippen molar-refractivity contribution in [3.05, 3.63) is 24.3 Å². The van der Waals surface area contributed by atoms with Gasteiger partial charge in [-0.2, -0.15) is 0 Å². The molecule has 3 N–H and O–H groups in total. The maximum absolute atomic E-state index is 10.4. The van der Waals surface area contributed by atoms with E-state index in [1.54, 1.807) is 12.4 Å². The first-order valence-electron chi connectivity index (χ1n) is 4.94. The van der Waals surface area contributed by atoms with E-state index < -0.39 is 5.60 Å². The smallest absolute Gasteiger partial charge is 0.115 e. The molecule has 0 saturated heterocycles. The van der Waals surface area contributed by atoms with Gasteiger partial charge in [0.05, 0.1) is 5.60 Å². The van der Waals surface area contributed by atoms with Crippen LogP contribution in [0.3, 0.4) is 0 Å². The van der Waals surface area contributed by atoms with Crippen LogP contribution in [0.5, 0.6) is 0 Å². The molecule has 0 radical (unpaired) electrons. The van der Waals surface area contributed by atoms with E-state index in [1.165, 1.54) is 6.33 Å². The number of aliphatic hydroxyl groups is 1. The molecule has 0 spiro atoms. The van der Waals surface area contributed by atoms with Crippen LogP contribution in [-0.2, 0) is 5.60 Å². The Labute approximate surface area is 83.2 Å². The molecule has 1 aliphatic rings. The van der Waals surface area contributed by atoms with Gasteiger partial charge in [-0.05, 0) is 25.7 Å². The predicted octanol–water partition coefficient (Wildman–Crippen LogP) is 0.565. The van der Waals surface area contributed by atoms with Crippen molar-refractivity contribution in [3.63, 3.8) is 0 Å². The van der Waals surface area contributed by atoms with E-state index in [9.17, 15) is 5.11 Å². The van der Waals surface area contributed by atoms with Crippen LogP contribution in [0.4, 0.5) is 0 Å². The van der Waals surface area contributed by atoms with Crippen molar-refractivity contribution in [2.24, 2.45) is 5.73 Å². The van der Waals surface area contributed by atoms with Gasteiger partial charge in [-0.1, -0.05) is 0 Å². The van der Waals surface area contributed by atoms with E-state index in [1.807, 2.05) is 0 Å². The van der Waals surface area contributed by atoms with Crippen LogP contribution in [0.1, 0.15) is 31.2 Å². The highest BCUT2D eigenvalue weighted by molar-refractivity contribution is 5.15. The first-order valence-corrected chi connectivity index (χ1v) is 4.94. The van der Waals surface area contributed by atoms with Gasteiger partial charge in [-0.3, -0.25) is 0 Å². The quantitative estimate of drug-likeness (QED) is 0.683. The van der Waals surface area contributed by atoms with E-state index in [0.717, 1.165) is 24.8 Å². The van der Waals surface area contributed by atoms with Gasteiger partial charge in [0.2, 0.25) is 0 Å². The molecule has 1 heterocycles. The largest absolute Gasteiger partial charge is 0.385 e. The topological polar surface area (TPSA) is 72.0 Å².